The number of hydrogen-bond donors (Lipinski definition) is 1. The van der Waals surface area contributed by atoms with Crippen LogP contribution in [0.2, 0.25) is 0 Å². The molecule has 2 aromatic carbocycles. The van der Waals surface area contributed by atoms with Gasteiger partial charge in [0.1, 0.15) is 11.8 Å². The second-order valence-electron chi connectivity index (χ2n) is 6.49. The minimum atomic E-state index is -0.558. The van der Waals surface area contributed by atoms with Crippen LogP contribution in [0, 0.1) is 24.0 Å². The van der Waals surface area contributed by atoms with Crippen LogP contribution in [0.1, 0.15) is 11.1 Å². The summed E-state index contributed by atoms with van der Waals surface area (Å²) in [6.07, 6.45) is 2.86. The molecule has 0 atom stereocenters. The normalized spacial score (nSPS) is 10.7. The first-order valence-corrected chi connectivity index (χ1v) is 8.88. The summed E-state index contributed by atoms with van der Waals surface area (Å²) < 4.78 is 5.81. The molecule has 0 aliphatic rings. The SMILES string of the molecule is Cc1ccc(Nc2ncnc(Oc3cccc4cccnc34)c2[N+](=O)[O-])cc1C. The van der Waals surface area contributed by atoms with Crippen LogP contribution in [0.5, 0.6) is 11.6 Å². The number of nitro groups is 1. The van der Waals surface area contributed by atoms with E-state index in [0.29, 0.717) is 17.0 Å². The second kappa shape index (κ2) is 7.51. The maximum absolute atomic E-state index is 11.8. The van der Waals surface area contributed by atoms with Gasteiger partial charge in [-0.25, -0.2) is 4.98 Å². The zero-order chi connectivity index (χ0) is 20.4. The highest BCUT2D eigenvalue weighted by molar-refractivity contribution is 5.84. The van der Waals surface area contributed by atoms with E-state index in [2.05, 4.69) is 20.3 Å². The van der Waals surface area contributed by atoms with Crippen molar-refractivity contribution in [1.29, 1.82) is 0 Å². The van der Waals surface area contributed by atoms with Crippen molar-refractivity contribution in [3.63, 3.8) is 0 Å². The average Bonchev–Trinajstić information content (AvgIpc) is 2.71. The number of hydrogen-bond acceptors (Lipinski definition) is 7. The van der Waals surface area contributed by atoms with Crippen molar-refractivity contribution < 1.29 is 9.66 Å². The molecule has 0 radical (unpaired) electrons. The van der Waals surface area contributed by atoms with E-state index >= 15 is 0 Å². The zero-order valence-electron chi connectivity index (χ0n) is 15.8. The fourth-order valence-electron chi connectivity index (χ4n) is 2.91. The molecule has 2 aromatic heterocycles. The van der Waals surface area contributed by atoms with Crippen molar-refractivity contribution in [2.45, 2.75) is 13.8 Å². The Labute approximate surface area is 166 Å². The van der Waals surface area contributed by atoms with E-state index in [0.717, 1.165) is 16.5 Å². The summed E-state index contributed by atoms with van der Waals surface area (Å²) in [5, 5.41) is 15.7. The van der Waals surface area contributed by atoms with Gasteiger partial charge < -0.3 is 10.1 Å². The predicted molar refractivity (Wildman–Crippen MR) is 110 cm³/mol. The molecule has 29 heavy (non-hydrogen) atoms. The number of rotatable bonds is 5. The molecule has 0 aliphatic carbocycles. The lowest BCUT2D eigenvalue weighted by Gasteiger charge is -2.11. The number of anilines is 2. The molecule has 8 nitrogen and oxygen atoms in total. The number of fused-ring (bicyclic) bond motifs is 1. The number of nitrogens with zero attached hydrogens (tertiary/aromatic N) is 4. The molecule has 0 fully saturated rings. The van der Waals surface area contributed by atoms with Gasteiger partial charge in [-0.05, 0) is 49.2 Å². The molecular formula is C21H17N5O3. The Hall–Kier alpha value is -4.07. The highest BCUT2D eigenvalue weighted by atomic mass is 16.6. The third kappa shape index (κ3) is 3.68. The molecule has 0 aliphatic heterocycles. The van der Waals surface area contributed by atoms with Crippen LogP contribution in [0.3, 0.4) is 0 Å². The number of benzene rings is 2. The van der Waals surface area contributed by atoms with Crippen LogP contribution in [-0.2, 0) is 0 Å². The maximum atomic E-state index is 11.8. The van der Waals surface area contributed by atoms with Crippen LogP contribution >= 0.6 is 0 Å². The van der Waals surface area contributed by atoms with Crippen LogP contribution in [0.15, 0.2) is 61.1 Å². The molecule has 0 saturated heterocycles. The summed E-state index contributed by atoms with van der Waals surface area (Å²) in [6, 6.07) is 14.7. The van der Waals surface area contributed by atoms with Gasteiger partial charge in [0.2, 0.25) is 5.82 Å². The third-order valence-electron chi connectivity index (χ3n) is 4.54. The van der Waals surface area contributed by atoms with E-state index in [1.807, 2.05) is 50.2 Å². The summed E-state index contributed by atoms with van der Waals surface area (Å²) >= 11 is 0. The Bertz CT molecular complexity index is 1220. The summed E-state index contributed by atoms with van der Waals surface area (Å²) in [6.45, 7) is 3.97. The van der Waals surface area contributed by atoms with Crippen LogP contribution in [0.25, 0.3) is 10.9 Å². The minimum absolute atomic E-state index is 0.0523. The first-order chi connectivity index (χ1) is 14.0. The van der Waals surface area contributed by atoms with Gasteiger partial charge in [-0.15, -0.1) is 0 Å². The fourth-order valence-corrected chi connectivity index (χ4v) is 2.91. The van der Waals surface area contributed by atoms with Crippen molar-refractivity contribution in [2.75, 3.05) is 5.32 Å². The Kier molecular flexibility index (Phi) is 4.74. The lowest BCUT2D eigenvalue weighted by Crippen LogP contribution is -2.04. The van der Waals surface area contributed by atoms with Crippen LogP contribution in [0.4, 0.5) is 17.2 Å². The lowest BCUT2D eigenvalue weighted by molar-refractivity contribution is -0.385. The van der Waals surface area contributed by atoms with Gasteiger partial charge in [0.05, 0.1) is 4.92 Å². The van der Waals surface area contributed by atoms with Gasteiger partial charge >= 0.3 is 11.6 Å². The maximum Gasteiger partial charge on any atom is 0.373 e. The standard InChI is InChI=1S/C21H17N5O3/c1-13-8-9-16(11-14(13)2)25-20-19(26(27)28)21(24-12-23-20)29-17-7-3-5-15-6-4-10-22-18(15)17/h3-12H,1-2H3,(H,23,24,25). The minimum Gasteiger partial charge on any atom is -0.431 e. The Balaban J connectivity index is 1.75. The third-order valence-corrected chi connectivity index (χ3v) is 4.54. The Morgan fingerprint density at radius 3 is 2.62 bits per heavy atom. The van der Waals surface area contributed by atoms with E-state index in [9.17, 15) is 10.1 Å². The number of para-hydroxylation sites is 1. The number of aromatic nitrogens is 3. The van der Waals surface area contributed by atoms with Gasteiger partial charge in [0.25, 0.3) is 0 Å². The molecule has 144 valence electrons. The van der Waals surface area contributed by atoms with Gasteiger partial charge in [-0.3, -0.25) is 15.1 Å². The van der Waals surface area contributed by atoms with Crippen molar-refractivity contribution >= 4 is 28.1 Å². The highest BCUT2D eigenvalue weighted by Gasteiger charge is 2.26. The monoisotopic (exact) mass is 387 g/mol. The zero-order valence-corrected chi connectivity index (χ0v) is 15.8. The second-order valence-corrected chi connectivity index (χ2v) is 6.49. The van der Waals surface area contributed by atoms with E-state index in [-0.39, 0.29) is 17.4 Å². The Morgan fingerprint density at radius 2 is 1.83 bits per heavy atom. The van der Waals surface area contributed by atoms with Gasteiger partial charge in [0.15, 0.2) is 5.75 Å². The lowest BCUT2D eigenvalue weighted by atomic mass is 10.1. The molecule has 1 N–H and O–H groups in total. The topological polar surface area (TPSA) is 103 Å². The molecular weight excluding hydrogens is 370 g/mol. The number of aryl methyl sites for hydroxylation is 2. The molecule has 0 unspecified atom stereocenters. The molecule has 8 heteroatoms. The van der Waals surface area contributed by atoms with E-state index in [1.165, 1.54) is 6.33 Å². The van der Waals surface area contributed by atoms with Crippen LogP contribution in [-0.4, -0.2) is 19.9 Å². The molecule has 0 spiro atoms. The molecule has 4 aromatic rings. The van der Waals surface area contributed by atoms with Gasteiger partial charge in [-0.1, -0.05) is 24.3 Å². The Morgan fingerprint density at radius 1 is 1.00 bits per heavy atom. The van der Waals surface area contributed by atoms with E-state index < -0.39 is 4.92 Å². The number of pyridine rings is 1. The largest absolute Gasteiger partial charge is 0.431 e. The van der Waals surface area contributed by atoms with Crippen LogP contribution < -0.4 is 10.1 Å². The van der Waals surface area contributed by atoms with Crippen molar-refractivity contribution in [3.05, 3.63) is 82.3 Å². The van der Waals surface area contributed by atoms with Crippen molar-refractivity contribution in [2.24, 2.45) is 0 Å². The number of nitrogens with one attached hydrogen (secondary N) is 1. The first kappa shape index (κ1) is 18.3. The van der Waals surface area contributed by atoms with Crippen molar-refractivity contribution in [3.8, 4) is 11.6 Å². The molecule has 0 saturated carbocycles. The summed E-state index contributed by atoms with van der Waals surface area (Å²) in [5.41, 5.74) is 3.11. The first-order valence-electron chi connectivity index (χ1n) is 8.88. The predicted octanol–water partition coefficient (Wildman–Crippen LogP) is 5.09. The quantitative estimate of drug-likeness (QED) is 0.376. The van der Waals surface area contributed by atoms with Crippen molar-refractivity contribution in [1.82, 2.24) is 15.0 Å². The van der Waals surface area contributed by atoms with Gasteiger partial charge in [-0.2, -0.15) is 4.98 Å². The van der Waals surface area contributed by atoms with Gasteiger partial charge in [0, 0.05) is 17.3 Å². The molecule has 0 bridgehead atoms. The van der Waals surface area contributed by atoms with E-state index in [1.54, 1.807) is 18.3 Å². The number of ether oxygens (including phenoxy) is 1. The molecule has 0 amide bonds. The summed E-state index contributed by atoms with van der Waals surface area (Å²) in [7, 11) is 0. The average molecular weight is 387 g/mol. The summed E-state index contributed by atoms with van der Waals surface area (Å²) in [5.74, 6) is 0.271. The highest BCUT2D eigenvalue weighted by Crippen LogP contribution is 2.37. The summed E-state index contributed by atoms with van der Waals surface area (Å²) in [4.78, 5) is 23.6. The molecule has 2 heterocycles. The van der Waals surface area contributed by atoms with E-state index in [4.69, 9.17) is 4.74 Å². The fraction of sp³-hybridized carbons (Fsp3) is 0.0952. The molecule has 4 rings (SSSR count). The smallest absolute Gasteiger partial charge is 0.373 e.